The maximum Gasteiger partial charge on any atom is 0.256 e. The summed E-state index contributed by atoms with van der Waals surface area (Å²) in [6.45, 7) is 3.41. The lowest BCUT2D eigenvalue weighted by Gasteiger charge is -2.14. The Morgan fingerprint density at radius 2 is 2.03 bits per heavy atom. The first kappa shape index (κ1) is 18.1. The first-order valence-corrected chi connectivity index (χ1v) is 9.93. The molecule has 6 nitrogen and oxygen atoms in total. The molecule has 2 aromatic carbocycles. The maximum atomic E-state index is 13.0. The van der Waals surface area contributed by atoms with Gasteiger partial charge in [-0.05, 0) is 65.4 Å². The van der Waals surface area contributed by atoms with Crippen molar-refractivity contribution >= 4 is 45.5 Å². The number of rotatable bonds is 3. The number of benzene rings is 2. The highest BCUT2D eigenvalue weighted by molar-refractivity contribution is 6.32. The zero-order valence-corrected chi connectivity index (χ0v) is 16.6. The molecule has 1 amide bonds. The van der Waals surface area contributed by atoms with Gasteiger partial charge < -0.3 is 10.6 Å². The fourth-order valence-electron chi connectivity index (χ4n) is 4.28. The van der Waals surface area contributed by atoms with E-state index >= 15 is 0 Å². The molecule has 3 aromatic rings. The number of hydrogen-bond donors (Lipinski definition) is 3. The van der Waals surface area contributed by atoms with Gasteiger partial charge in [0.05, 0.1) is 17.3 Å². The van der Waals surface area contributed by atoms with Crippen LogP contribution in [0.1, 0.15) is 46.8 Å². The Morgan fingerprint density at radius 1 is 1.17 bits per heavy atom. The van der Waals surface area contributed by atoms with Gasteiger partial charge in [-0.2, -0.15) is 5.10 Å². The highest BCUT2D eigenvalue weighted by Gasteiger charge is 2.26. The van der Waals surface area contributed by atoms with Gasteiger partial charge in [0, 0.05) is 35.6 Å². The summed E-state index contributed by atoms with van der Waals surface area (Å²) in [4.78, 5) is 25.1. The van der Waals surface area contributed by atoms with Crippen LogP contribution in [0.3, 0.4) is 0 Å². The molecule has 1 aliphatic carbocycles. The number of anilines is 1. The zero-order valence-electron chi connectivity index (χ0n) is 15.9. The molecule has 0 unspecified atom stereocenters. The third-order valence-corrected chi connectivity index (χ3v) is 6.00. The summed E-state index contributed by atoms with van der Waals surface area (Å²) in [6, 6.07) is 7.37. The van der Waals surface area contributed by atoms with Crippen LogP contribution >= 0.6 is 11.6 Å². The van der Waals surface area contributed by atoms with E-state index in [-0.39, 0.29) is 11.7 Å². The maximum absolute atomic E-state index is 13.0. The number of amides is 1. The first-order chi connectivity index (χ1) is 14.0. The van der Waals surface area contributed by atoms with E-state index in [1.807, 2.05) is 19.1 Å². The lowest BCUT2D eigenvalue weighted by atomic mass is 9.94. The summed E-state index contributed by atoms with van der Waals surface area (Å²) < 4.78 is 0. The van der Waals surface area contributed by atoms with E-state index in [1.165, 1.54) is 5.56 Å². The number of ketones is 1. The second-order valence-corrected chi connectivity index (χ2v) is 7.97. The number of nitrogens with one attached hydrogen (secondary N) is 3. The van der Waals surface area contributed by atoms with Crippen LogP contribution in [0.2, 0.25) is 5.02 Å². The Labute approximate surface area is 172 Å². The molecule has 0 saturated heterocycles. The molecular weight excluding hydrogens is 388 g/mol. The van der Waals surface area contributed by atoms with Gasteiger partial charge in [-0.1, -0.05) is 11.6 Å². The highest BCUT2D eigenvalue weighted by atomic mass is 35.5. The summed E-state index contributed by atoms with van der Waals surface area (Å²) in [7, 11) is 0. The topological polar surface area (TPSA) is 86.9 Å². The highest BCUT2D eigenvalue weighted by Crippen LogP contribution is 2.37. The lowest BCUT2D eigenvalue weighted by Crippen LogP contribution is -2.13. The number of H-pyrrole nitrogens is 1. The quantitative estimate of drug-likeness (QED) is 0.608. The number of hydrogen-bond acceptors (Lipinski definition) is 4. The van der Waals surface area contributed by atoms with Crippen LogP contribution in [0.15, 0.2) is 36.0 Å². The molecule has 29 heavy (non-hydrogen) atoms. The minimum absolute atomic E-state index is 0.204. The molecule has 0 saturated carbocycles. The van der Waals surface area contributed by atoms with E-state index in [1.54, 1.807) is 18.3 Å². The van der Waals surface area contributed by atoms with Crippen LogP contribution in [-0.4, -0.2) is 21.9 Å². The first-order valence-electron chi connectivity index (χ1n) is 9.55. The predicted octanol–water partition coefficient (Wildman–Crippen LogP) is 4.21. The van der Waals surface area contributed by atoms with Gasteiger partial charge in [0.25, 0.3) is 5.91 Å². The third kappa shape index (κ3) is 3.05. The number of aromatic nitrogens is 2. The molecule has 2 heterocycles. The molecule has 0 fully saturated rings. The molecule has 146 valence electrons. The number of aromatic amines is 1. The van der Waals surface area contributed by atoms with Crippen molar-refractivity contribution in [2.24, 2.45) is 0 Å². The van der Waals surface area contributed by atoms with Crippen molar-refractivity contribution in [3.05, 3.63) is 63.3 Å². The molecule has 3 N–H and O–H groups in total. The van der Waals surface area contributed by atoms with Crippen LogP contribution in [0.5, 0.6) is 0 Å². The van der Waals surface area contributed by atoms with Crippen molar-refractivity contribution in [1.82, 2.24) is 15.5 Å². The van der Waals surface area contributed by atoms with Crippen LogP contribution in [0, 0.1) is 0 Å². The standard InChI is InChI=1S/C22H19ClN4O2/c1-11-15(2-3-21(11)28)16-7-14(4-12-8-24-9-18(12)16)26-22(29)17-5-13(23)6-20-19(17)10-25-27-20/h4-7,10,24H,2-3,8-9H2,1H3,(H,25,27)(H,26,29). The summed E-state index contributed by atoms with van der Waals surface area (Å²) in [6.07, 6.45) is 2.93. The van der Waals surface area contributed by atoms with Gasteiger partial charge >= 0.3 is 0 Å². The number of halogens is 1. The molecular formula is C22H19ClN4O2. The van der Waals surface area contributed by atoms with E-state index in [0.29, 0.717) is 28.2 Å². The zero-order chi connectivity index (χ0) is 20.1. The van der Waals surface area contributed by atoms with Gasteiger partial charge in [-0.25, -0.2) is 0 Å². The largest absolute Gasteiger partial charge is 0.322 e. The van der Waals surface area contributed by atoms with Crippen molar-refractivity contribution in [1.29, 1.82) is 0 Å². The predicted molar refractivity (Wildman–Crippen MR) is 113 cm³/mol. The normalized spacial score (nSPS) is 16.0. The molecule has 0 radical (unpaired) electrons. The van der Waals surface area contributed by atoms with Crippen LogP contribution in [0.25, 0.3) is 16.5 Å². The second-order valence-electron chi connectivity index (χ2n) is 7.53. The number of nitrogens with zero attached hydrogens (tertiary/aromatic N) is 1. The Bertz CT molecular complexity index is 1230. The Kier molecular flexibility index (Phi) is 4.26. The average molecular weight is 407 g/mol. The van der Waals surface area contributed by atoms with E-state index in [4.69, 9.17) is 11.6 Å². The van der Waals surface area contributed by atoms with Crippen molar-refractivity contribution in [3.8, 4) is 0 Å². The number of allylic oxidation sites excluding steroid dienone is 2. The summed E-state index contributed by atoms with van der Waals surface area (Å²) >= 11 is 6.17. The molecule has 7 heteroatoms. The van der Waals surface area contributed by atoms with Gasteiger partial charge in [0.1, 0.15) is 0 Å². The van der Waals surface area contributed by atoms with Crippen molar-refractivity contribution in [3.63, 3.8) is 0 Å². The molecule has 1 aromatic heterocycles. The number of Topliss-reactive ketones (excluding diaryl/α,β-unsaturated/α-hetero) is 1. The Morgan fingerprint density at radius 3 is 2.83 bits per heavy atom. The van der Waals surface area contributed by atoms with E-state index in [2.05, 4.69) is 20.8 Å². The van der Waals surface area contributed by atoms with Gasteiger partial charge in [-0.15, -0.1) is 0 Å². The third-order valence-electron chi connectivity index (χ3n) is 5.78. The van der Waals surface area contributed by atoms with Gasteiger partial charge in [0.15, 0.2) is 5.78 Å². The van der Waals surface area contributed by atoms with Gasteiger partial charge in [0.2, 0.25) is 0 Å². The van der Waals surface area contributed by atoms with Crippen LogP contribution in [0.4, 0.5) is 5.69 Å². The summed E-state index contributed by atoms with van der Waals surface area (Å²) in [5.74, 6) is -0.0422. The number of carbonyl (C=O) groups is 2. The summed E-state index contributed by atoms with van der Waals surface area (Å²) in [5, 5.41) is 14.4. The molecule has 0 atom stereocenters. The molecule has 5 rings (SSSR count). The smallest absolute Gasteiger partial charge is 0.256 e. The van der Waals surface area contributed by atoms with Crippen LogP contribution < -0.4 is 10.6 Å². The van der Waals surface area contributed by atoms with E-state index in [9.17, 15) is 9.59 Å². The van der Waals surface area contributed by atoms with Crippen molar-refractivity contribution < 1.29 is 9.59 Å². The Hall–Kier alpha value is -2.96. The van der Waals surface area contributed by atoms with Gasteiger partial charge in [-0.3, -0.25) is 14.7 Å². The molecule has 1 aliphatic heterocycles. The molecule has 0 bridgehead atoms. The van der Waals surface area contributed by atoms with Crippen LogP contribution in [-0.2, 0) is 17.9 Å². The number of carbonyl (C=O) groups excluding carboxylic acids is 2. The lowest BCUT2D eigenvalue weighted by molar-refractivity contribution is -0.114. The van der Waals surface area contributed by atoms with Crippen molar-refractivity contribution in [2.75, 3.05) is 5.32 Å². The monoisotopic (exact) mass is 406 g/mol. The fraction of sp³-hybridized carbons (Fsp3) is 0.227. The average Bonchev–Trinajstić information content (AvgIpc) is 3.41. The van der Waals surface area contributed by atoms with E-state index in [0.717, 1.165) is 47.2 Å². The Balaban J connectivity index is 1.55. The SMILES string of the molecule is CC1=C(c2cc(NC(=O)c3cc(Cl)cc4[nH]ncc34)cc3c2CNC3)CCC1=O. The second kappa shape index (κ2) is 6.83. The molecule has 0 spiro atoms. The van der Waals surface area contributed by atoms with E-state index < -0.39 is 0 Å². The fourth-order valence-corrected chi connectivity index (χ4v) is 4.50. The minimum Gasteiger partial charge on any atom is -0.322 e. The minimum atomic E-state index is -0.246. The number of fused-ring (bicyclic) bond motifs is 2. The molecule has 2 aliphatic rings. The van der Waals surface area contributed by atoms with Crippen molar-refractivity contribution in [2.45, 2.75) is 32.9 Å². The summed E-state index contributed by atoms with van der Waals surface area (Å²) in [5.41, 5.74) is 7.24.